The Labute approximate surface area is 145 Å². The van der Waals surface area contributed by atoms with E-state index in [0.717, 1.165) is 5.56 Å². The maximum absolute atomic E-state index is 12.4. The predicted octanol–water partition coefficient (Wildman–Crippen LogP) is 3.13. The molecule has 0 bridgehead atoms. The Kier molecular flexibility index (Phi) is 4.52. The van der Waals surface area contributed by atoms with E-state index in [0.29, 0.717) is 22.2 Å². The van der Waals surface area contributed by atoms with Gasteiger partial charge < -0.3 is 14.2 Å². The zero-order valence-corrected chi connectivity index (χ0v) is 14.2. The quantitative estimate of drug-likeness (QED) is 0.683. The third-order valence-electron chi connectivity index (χ3n) is 3.82. The molecule has 128 valence electrons. The van der Waals surface area contributed by atoms with Crippen molar-refractivity contribution in [1.82, 2.24) is 10.1 Å². The summed E-state index contributed by atoms with van der Waals surface area (Å²) in [5, 5.41) is 4.73. The topological polar surface area (TPSA) is 72.6 Å². The number of hydrogen-bond acceptors (Lipinski definition) is 5. The molecular formula is C19H18N2O4. The second kappa shape index (κ2) is 6.76. The van der Waals surface area contributed by atoms with E-state index >= 15 is 0 Å². The van der Waals surface area contributed by atoms with Crippen molar-refractivity contribution in [3.05, 3.63) is 54.1 Å². The Morgan fingerprint density at radius 3 is 2.52 bits per heavy atom. The smallest absolute Gasteiger partial charge is 0.338 e. The first-order valence-electron chi connectivity index (χ1n) is 7.84. The van der Waals surface area contributed by atoms with Crippen LogP contribution in [0.5, 0.6) is 0 Å². The lowest BCUT2D eigenvalue weighted by Crippen LogP contribution is -2.34. The van der Waals surface area contributed by atoms with E-state index in [2.05, 4.69) is 5.16 Å². The highest BCUT2D eigenvalue weighted by Gasteiger charge is 2.21. The van der Waals surface area contributed by atoms with E-state index in [1.54, 1.807) is 39.2 Å². The van der Waals surface area contributed by atoms with Crippen molar-refractivity contribution in [2.24, 2.45) is 0 Å². The standard InChI is InChI=1S/C19H18N2O4/c1-12(18(22)21(2)3)24-19(23)14-9-10-16-15(11-14)17(25-20-16)13-7-5-4-6-8-13/h4-12H,1-3H3/t12-/m0/s1. The van der Waals surface area contributed by atoms with Gasteiger partial charge in [-0.25, -0.2) is 4.79 Å². The number of esters is 1. The van der Waals surface area contributed by atoms with Crippen LogP contribution in [0.1, 0.15) is 17.3 Å². The van der Waals surface area contributed by atoms with Gasteiger partial charge in [-0.2, -0.15) is 0 Å². The van der Waals surface area contributed by atoms with Crippen molar-refractivity contribution >= 4 is 22.8 Å². The van der Waals surface area contributed by atoms with Gasteiger partial charge in [0.05, 0.1) is 10.9 Å². The first-order chi connectivity index (χ1) is 12.0. The van der Waals surface area contributed by atoms with Gasteiger partial charge in [0.15, 0.2) is 11.9 Å². The Balaban J connectivity index is 1.90. The predicted molar refractivity (Wildman–Crippen MR) is 93.0 cm³/mol. The summed E-state index contributed by atoms with van der Waals surface area (Å²) in [5.74, 6) is -0.253. The average Bonchev–Trinajstić information content (AvgIpc) is 3.04. The first kappa shape index (κ1) is 16.7. The minimum absolute atomic E-state index is 0.274. The molecule has 3 aromatic rings. The number of aromatic nitrogens is 1. The van der Waals surface area contributed by atoms with E-state index in [1.165, 1.54) is 4.90 Å². The van der Waals surface area contributed by atoms with Crippen molar-refractivity contribution in [3.8, 4) is 11.3 Å². The molecule has 25 heavy (non-hydrogen) atoms. The molecule has 0 aliphatic rings. The highest BCUT2D eigenvalue weighted by Crippen LogP contribution is 2.29. The highest BCUT2D eigenvalue weighted by atomic mass is 16.5. The molecule has 0 radical (unpaired) electrons. The van der Waals surface area contributed by atoms with Gasteiger partial charge in [-0.15, -0.1) is 0 Å². The molecule has 0 saturated carbocycles. The molecule has 6 heteroatoms. The van der Waals surface area contributed by atoms with Gasteiger partial charge >= 0.3 is 5.97 Å². The summed E-state index contributed by atoms with van der Waals surface area (Å²) in [6.45, 7) is 1.55. The third kappa shape index (κ3) is 3.38. The fourth-order valence-corrected chi connectivity index (χ4v) is 2.51. The van der Waals surface area contributed by atoms with Crippen LogP contribution in [0.15, 0.2) is 53.1 Å². The number of carbonyl (C=O) groups excluding carboxylic acids is 2. The Bertz CT molecular complexity index is 916. The number of fused-ring (bicyclic) bond motifs is 1. The van der Waals surface area contributed by atoms with Crippen molar-refractivity contribution in [2.75, 3.05) is 14.1 Å². The van der Waals surface area contributed by atoms with Crippen molar-refractivity contribution in [3.63, 3.8) is 0 Å². The van der Waals surface area contributed by atoms with Gasteiger partial charge in [-0.05, 0) is 25.1 Å². The molecule has 1 amide bonds. The monoisotopic (exact) mass is 338 g/mol. The summed E-state index contributed by atoms with van der Waals surface area (Å²) in [7, 11) is 3.23. The summed E-state index contributed by atoms with van der Waals surface area (Å²) in [6, 6.07) is 14.5. The second-order valence-corrected chi connectivity index (χ2v) is 5.89. The summed E-state index contributed by atoms with van der Waals surface area (Å²) in [4.78, 5) is 25.6. The molecule has 1 heterocycles. The molecular weight excluding hydrogens is 320 g/mol. The molecule has 0 aliphatic heterocycles. The average molecular weight is 338 g/mol. The van der Waals surface area contributed by atoms with Gasteiger partial charge in [0.2, 0.25) is 0 Å². The van der Waals surface area contributed by atoms with Gasteiger partial charge in [0.25, 0.3) is 5.91 Å². The number of rotatable bonds is 4. The van der Waals surface area contributed by atoms with Crippen LogP contribution in [-0.4, -0.2) is 42.1 Å². The number of hydrogen-bond donors (Lipinski definition) is 0. The van der Waals surface area contributed by atoms with Crippen LogP contribution in [0, 0.1) is 0 Å². The molecule has 2 aromatic carbocycles. The number of amides is 1. The van der Waals surface area contributed by atoms with Crippen LogP contribution < -0.4 is 0 Å². The third-order valence-corrected chi connectivity index (χ3v) is 3.82. The Hall–Kier alpha value is -3.15. The van der Waals surface area contributed by atoms with E-state index in [1.807, 2.05) is 30.3 Å². The van der Waals surface area contributed by atoms with E-state index < -0.39 is 12.1 Å². The molecule has 3 rings (SSSR count). The van der Waals surface area contributed by atoms with Gasteiger partial charge in [-0.1, -0.05) is 35.5 Å². The largest absolute Gasteiger partial charge is 0.449 e. The lowest BCUT2D eigenvalue weighted by molar-refractivity contribution is -0.137. The van der Waals surface area contributed by atoms with Gasteiger partial charge in [-0.3, -0.25) is 4.79 Å². The molecule has 1 aromatic heterocycles. The SMILES string of the molecule is C[C@H](OC(=O)c1ccc2noc(-c3ccccc3)c2c1)C(=O)N(C)C. The number of benzene rings is 2. The van der Waals surface area contributed by atoms with Gasteiger partial charge in [0.1, 0.15) is 5.52 Å². The van der Waals surface area contributed by atoms with Crippen molar-refractivity contribution < 1.29 is 18.8 Å². The summed E-state index contributed by atoms with van der Waals surface area (Å²) in [5.41, 5.74) is 1.85. The number of carbonyl (C=O) groups is 2. The van der Waals surface area contributed by atoms with E-state index in [9.17, 15) is 9.59 Å². The fraction of sp³-hybridized carbons (Fsp3) is 0.211. The minimum atomic E-state index is -0.853. The second-order valence-electron chi connectivity index (χ2n) is 5.89. The van der Waals surface area contributed by atoms with Crippen LogP contribution in [-0.2, 0) is 9.53 Å². The molecule has 0 N–H and O–H groups in total. The van der Waals surface area contributed by atoms with Gasteiger partial charge in [0, 0.05) is 19.7 Å². The molecule has 6 nitrogen and oxygen atoms in total. The lowest BCUT2D eigenvalue weighted by atomic mass is 10.1. The molecule has 0 spiro atoms. The number of ether oxygens (including phenoxy) is 1. The highest BCUT2D eigenvalue weighted by molar-refractivity contribution is 5.99. The Morgan fingerprint density at radius 1 is 1.12 bits per heavy atom. The number of likely N-dealkylation sites (N-methyl/N-ethyl adjacent to an activating group) is 1. The number of nitrogens with zero attached hydrogens (tertiary/aromatic N) is 2. The maximum Gasteiger partial charge on any atom is 0.338 e. The van der Waals surface area contributed by atoms with E-state index in [4.69, 9.17) is 9.26 Å². The summed E-state index contributed by atoms with van der Waals surface area (Å²) < 4.78 is 10.7. The van der Waals surface area contributed by atoms with Crippen molar-refractivity contribution in [1.29, 1.82) is 0 Å². The zero-order chi connectivity index (χ0) is 18.0. The molecule has 0 saturated heterocycles. The first-order valence-corrected chi connectivity index (χ1v) is 7.84. The van der Waals surface area contributed by atoms with Crippen LogP contribution in [0.2, 0.25) is 0 Å². The van der Waals surface area contributed by atoms with Crippen LogP contribution in [0.3, 0.4) is 0 Å². The summed E-state index contributed by atoms with van der Waals surface area (Å²) in [6.07, 6.45) is -0.853. The van der Waals surface area contributed by atoms with E-state index in [-0.39, 0.29) is 5.91 Å². The molecule has 1 atom stereocenters. The lowest BCUT2D eigenvalue weighted by Gasteiger charge is -2.17. The molecule has 0 aliphatic carbocycles. The minimum Gasteiger partial charge on any atom is -0.449 e. The normalized spacial score (nSPS) is 12.0. The molecule has 0 fully saturated rings. The fourth-order valence-electron chi connectivity index (χ4n) is 2.51. The van der Waals surface area contributed by atoms with Crippen LogP contribution >= 0.6 is 0 Å². The maximum atomic E-state index is 12.4. The van der Waals surface area contributed by atoms with Crippen molar-refractivity contribution in [2.45, 2.75) is 13.0 Å². The zero-order valence-electron chi connectivity index (χ0n) is 14.2. The summed E-state index contributed by atoms with van der Waals surface area (Å²) >= 11 is 0. The molecule has 0 unspecified atom stereocenters. The Morgan fingerprint density at radius 2 is 1.84 bits per heavy atom. The van der Waals surface area contributed by atoms with Crippen LogP contribution in [0.25, 0.3) is 22.2 Å². The van der Waals surface area contributed by atoms with Crippen LogP contribution in [0.4, 0.5) is 0 Å².